The van der Waals surface area contributed by atoms with Crippen molar-refractivity contribution in [3.05, 3.63) is 29.6 Å². The van der Waals surface area contributed by atoms with Gasteiger partial charge in [0.15, 0.2) is 0 Å². The molecule has 13 heavy (non-hydrogen) atoms. The van der Waals surface area contributed by atoms with Crippen LogP contribution in [0.3, 0.4) is 0 Å². The highest BCUT2D eigenvalue weighted by atomic mass is 15.0. The smallest absolute Gasteiger partial charge is 0.0329 e. The van der Waals surface area contributed by atoms with Crippen LogP contribution < -0.4 is 5.32 Å². The van der Waals surface area contributed by atoms with Gasteiger partial charge in [0.1, 0.15) is 0 Å². The maximum Gasteiger partial charge on any atom is 0.0329 e. The zero-order valence-corrected chi connectivity index (χ0v) is 7.66. The summed E-state index contributed by atoms with van der Waals surface area (Å²) >= 11 is 0. The van der Waals surface area contributed by atoms with Crippen molar-refractivity contribution in [2.24, 2.45) is 0 Å². The average molecular weight is 174 g/mol. The minimum absolute atomic E-state index is 0.616. The van der Waals surface area contributed by atoms with E-state index in [0.717, 1.165) is 6.04 Å². The molecule has 1 fully saturated rings. The molecule has 2 aliphatic carbocycles. The van der Waals surface area contributed by atoms with Gasteiger partial charge < -0.3 is 5.32 Å². The van der Waals surface area contributed by atoms with Gasteiger partial charge >= 0.3 is 0 Å². The van der Waals surface area contributed by atoms with E-state index >= 15 is 0 Å². The summed E-state index contributed by atoms with van der Waals surface area (Å²) in [5.41, 5.74) is 2.93. The summed E-state index contributed by atoms with van der Waals surface area (Å²) in [6.45, 7) is 0. The van der Waals surface area contributed by atoms with E-state index in [1.54, 1.807) is 0 Å². The van der Waals surface area contributed by atoms with Gasteiger partial charge in [-0.05, 0) is 42.9 Å². The third kappa shape index (κ3) is 1.35. The van der Waals surface area contributed by atoms with Crippen molar-refractivity contribution < 1.29 is 0 Å². The Kier molecular flexibility index (Phi) is 1.62. The molecule has 1 aromatic rings. The van der Waals surface area contributed by atoms with Crippen molar-refractivity contribution >= 4 is 0 Å². The Morgan fingerprint density at radius 3 is 3.08 bits per heavy atom. The number of rotatable bonds is 2. The van der Waals surface area contributed by atoms with Crippen LogP contribution in [0.2, 0.25) is 0 Å². The molecule has 2 heteroatoms. The fraction of sp³-hybridized carbons (Fsp3) is 0.545. The second-order valence-corrected chi connectivity index (χ2v) is 4.11. The van der Waals surface area contributed by atoms with E-state index in [1.165, 1.54) is 36.8 Å². The van der Waals surface area contributed by atoms with Crippen LogP contribution in [0.15, 0.2) is 18.5 Å². The minimum Gasteiger partial charge on any atom is -0.307 e. The predicted octanol–water partition coefficient (Wildman–Crippen LogP) is 1.82. The lowest BCUT2D eigenvalue weighted by Gasteiger charge is -2.12. The SMILES string of the molecule is c1cc2c(cn1)CCC2NC1CC1. The topological polar surface area (TPSA) is 24.9 Å². The van der Waals surface area contributed by atoms with E-state index in [0.29, 0.717) is 6.04 Å². The van der Waals surface area contributed by atoms with Crippen LogP contribution in [0.4, 0.5) is 0 Å². The first-order valence-electron chi connectivity index (χ1n) is 5.12. The Morgan fingerprint density at radius 2 is 2.23 bits per heavy atom. The number of nitrogens with zero attached hydrogens (tertiary/aromatic N) is 1. The summed E-state index contributed by atoms with van der Waals surface area (Å²) < 4.78 is 0. The minimum atomic E-state index is 0.616. The molecule has 1 aromatic heterocycles. The lowest BCUT2D eigenvalue weighted by molar-refractivity contribution is 0.527. The molecule has 1 heterocycles. The molecule has 1 atom stereocenters. The van der Waals surface area contributed by atoms with Gasteiger partial charge in [-0.25, -0.2) is 0 Å². The van der Waals surface area contributed by atoms with Gasteiger partial charge in [-0.3, -0.25) is 4.98 Å². The Morgan fingerprint density at radius 1 is 1.31 bits per heavy atom. The van der Waals surface area contributed by atoms with Gasteiger partial charge in [-0.2, -0.15) is 0 Å². The van der Waals surface area contributed by atoms with Gasteiger partial charge in [0, 0.05) is 24.5 Å². The molecule has 1 unspecified atom stereocenters. The second-order valence-electron chi connectivity index (χ2n) is 4.11. The number of nitrogens with one attached hydrogen (secondary N) is 1. The van der Waals surface area contributed by atoms with Crippen LogP contribution in [-0.2, 0) is 6.42 Å². The van der Waals surface area contributed by atoms with E-state index in [2.05, 4.69) is 16.4 Å². The second kappa shape index (κ2) is 2.81. The number of aromatic nitrogens is 1. The largest absolute Gasteiger partial charge is 0.307 e. The highest BCUT2D eigenvalue weighted by molar-refractivity contribution is 5.31. The van der Waals surface area contributed by atoms with Crippen LogP contribution in [0.5, 0.6) is 0 Å². The molecule has 2 aliphatic rings. The highest BCUT2D eigenvalue weighted by Crippen LogP contribution is 2.33. The van der Waals surface area contributed by atoms with Gasteiger partial charge in [-0.1, -0.05) is 0 Å². The van der Waals surface area contributed by atoms with E-state index in [-0.39, 0.29) is 0 Å². The number of pyridine rings is 1. The Hall–Kier alpha value is -0.890. The number of hydrogen-bond acceptors (Lipinski definition) is 2. The lowest BCUT2D eigenvalue weighted by atomic mass is 10.1. The zero-order valence-electron chi connectivity index (χ0n) is 7.66. The monoisotopic (exact) mass is 174 g/mol. The zero-order chi connectivity index (χ0) is 8.67. The fourth-order valence-electron chi connectivity index (χ4n) is 2.15. The first kappa shape index (κ1) is 7.51. The van der Waals surface area contributed by atoms with Crippen LogP contribution in [0, 0.1) is 0 Å². The third-order valence-corrected chi connectivity index (χ3v) is 3.03. The van der Waals surface area contributed by atoms with Gasteiger partial charge in [0.05, 0.1) is 0 Å². The van der Waals surface area contributed by atoms with Crippen LogP contribution >= 0.6 is 0 Å². The van der Waals surface area contributed by atoms with Crippen LogP contribution in [-0.4, -0.2) is 11.0 Å². The van der Waals surface area contributed by atoms with Crippen molar-refractivity contribution in [1.82, 2.24) is 10.3 Å². The Labute approximate surface area is 78.4 Å². The summed E-state index contributed by atoms with van der Waals surface area (Å²) in [5, 5.41) is 3.68. The molecule has 2 nitrogen and oxygen atoms in total. The quantitative estimate of drug-likeness (QED) is 0.739. The first-order valence-corrected chi connectivity index (χ1v) is 5.12. The van der Waals surface area contributed by atoms with Crippen molar-refractivity contribution in [1.29, 1.82) is 0 Å². The predicted molar refractivity (Wildman–Crippen MR) is 51.5 cm³/mol. The van der Waals surface area contributed by atoms with Crippen molar-refractivity contribution in [3.8, 4) is 0 Å². The summed E-state index contributed by atoms with van der Waals surface area (Å²) in [6, 6.07) is 3.59. The summed E-state index contributed by atoms with van der Waals surface area (Å²) in [6.07, 6.45) is 9.13. The lowest BCUT2D eigenvalue weighted by Crippen LogP contribution is -2.21. The fourth-order valence-corrected chi connectivity index (χ4v) is 2.15. The van der Waals surface area contributed by atoms with Crippen LogP contribution in [0.1, 0.15) is 36.4 Å². The van der Waals surface area contributed by atoms with E-state index in [9.17, 15) is 0 Å². The molecule has 68 valence electrons. The third-order valence-electron chi connectivity index (χ3n) is 3.03. The van der Waals surface area contributed by atoms with E-state index in [4.69, 9.17) is 0 Å². The van der Waals surface area contributed by atoms with E-state index < -0.39 is 0 Å². The Balaban J connectivity index is 1.84. The molecular weight excluding hydrogens is 160 g/mol. The molecule has 0 saturated heterocycles. The van der Waals surface area contributed by atoms with Crippen molar-refractivity contribution in [2.45, 2.75) is 37.8 Å². The normalized spacial score (nSPS) is 26.0. The summed E-state index contributed by atoms with van der Waals surface area (Å²) in [5.74, 6) is 0. The van der Waals surface area contributed by atoms with E-state index in [1.807, 2.05) is 12.4 Å². The maximum atomic E-state index is 4.16. The van der Waals surface area contributed by atoms with Gasteiger partial charge in [0.2, 0.25) is 0 Å². The Bertz CT molecular complexity index is 318. The molecule has 0 spiro atoms. The molecule has 0 radical (unpaired) electrons. The highest BCUT2D eigenvalue weighted by Gasteiger charge is 2.29. The van der Waals surface area contributed by atoms with Crippen molar-refractivity contribution in [2.75, 3.05) is 0 Å². The molecule has 1 saturated carbocycles. The maximum absolute atomic E-state index is 4.16. The first-order chi connectivity index (χ1) is 6.43. The van der Waals surface area contributed by atoms with Gasteiger partial charge in [-0.15, -0.1) is 0 Å². The molecule has 1 N–H and O–H groups in total. The number of fused-ring (bicyclic) bond motifs is 1. The molecule has 0 bridgehead atoms. The molecule has 3 rings (SSSR count). The summed E-state index contributed by atoms with van der Waals surface area (Å²) in [4.78, 5) is 4.16. The molecule has 0 aliphatic heterocycles. The number of hydrogen-bond donors (Lipinski definition) is 1. The number of aryl methyl sites for hydroxylation is 1. The molecule has 0 aromatic carbocycles. The van der Waals surface area contributed by atoms with Crippen molar-refractivity contribution in [3.63, 3.8) is 0 Å². The standard InChI is InChI=1S/C11H14N2/c1-4-11(13-9-2-3-9)10-5-6-12-7-8(1)10/h5-7,9,11,13H,1-4H2. The molecular formula is C11H14N2. The summed E-state index contributed by atoms with van der Waals surface area (Å²) in [7, 11) is 0. The van der Waals surface area contributed by atoms with Crippen LogP contribution in [0.25, 0.3) is 0 Å². The average Bonchev–Trinajstić information content (AvgIpc) is 2.88. The van der Waals surface area contributed by atoms with Gasteiger partial charge in [0.25, 0.3) is 0 Å². The molecule has 0 amide bonds.